The molecule has 4 heterocycles. The number of aliphatic hydroxyl groups is 1. The van der Waals surface area contributed by atoms with E-state index in [1.165, 1.54) is 6.07 Å². The number of aliphatic hydroxyl groups excluding tert-OH is 1. The SMILES string of the molecule is C[C@@H]1CN(CC(=O)N2CC(C)(C)c3ncc([C@@H](O)c4ccc(F)c(F)c4)cc32)[C@@H](CN2[C@H](C)COC[C@H]2C)CN1. The fraction of sp³-hybridized carbons (Fsp3) is 0.600. The van der Waals surface area contributed by atoms with Crippen LogP contribution in [0.5, 0.6) is 0 Å². The number of rotatable bonds is 6. The van der Waals surface area contributed by atoms with Crippen molar-refractivity contribution in [3.63, 3.8) is 0 Å². The number of anilines is 1. The lowest BCUT2D eigenvalue weighted by Crippen LogP contribution is -2.63. The van der Waals surface area contributed by atoms with Crippen LogP contribution in [0.1, 0.15) is 57.5 Å². The number of morpholine rings is 1. The summed E-state index contributed by atoms with van der Waals surface area (Å²) in [7, 11) is 0. The molecule has 1 aromatic carbocycles. The molecule has 0 spiro atoms. The number of benzene rings is 1. The molecule has 0 aliphatic carbocycles. The smallest absolute Gasteiger partial charge is 0.241 e. The molecule has 10 heteroatoms. The topological polar surface area (TPSA) is 81.2 Å². The Hall–Kier alpha value is -2.50. The van der Waals surface area contributed by atoms with Gasteiger partial charge in [-0.3, -0.25) is 19.6 Å². The third-order valence-corrected chi connectivity index (χ3v) is 8.59. The molecular weight excluding hydrogens is 516 g/mol. The second-order valence-corrected chi connectivity index (χ2v) is 12.4. The minimum atomic E-state index is -1.20. The second-order valence-electron chi connectivity index (χ2n) is 12.4. The first-order chi connectivity index (χ1) is 18.9. The summed E-state index contributed by atoms with van der Waals surface area (Å²) in [5, 5.41) is 14.5. The normalized spacial score (nSPS) is 27.9. The highest BCUT2D eigenvalue weighted by Crippen LogP contribution is 2.41. The van der Waals surface area contributed by atoms with Gasteiger partial charge in [-0.25, -0.2) is 8.78 Å². The van der Waals surface area contributed by atoms with Crippen LogP contribution < -0.4 is 10.2 Å². The summed E-state index contributed by atoms with van der Waals surface area (Å²) in [6, 6.07) is 6.18. The van der Waals surface area contributed by atoms with Gasteiger partial charge in [0.25, 0.3) is 0 Å². The van der Waals surface area contributed by atoms with Crippen LogP contribution in [0.2, 0.25) is 0 Å². The van der Waals surface area contributed by atoms with Crippen LogP contribution in [-0.2, 0) is 14.9 Å². The van der Waals surface area contributed by atoms with E-state index in [-0.39, 0.29) is 35.5 Å². The molecular formula is C30H41F2N5O3. The highest BCUT2D eigenvalue weighted by molar-refractivity contribution is 5.97. The molecule has 2 saturated heterocycles. The van der Waals surface area contributed by atoms with E-state index in [1.807, 2.05) is 0 Å². The van der Waals surface area contributed by atoms with E-state index in [4.69, 9.17) is 4.74 Å². The minimum absolute atomic E-state index is 0.0183. The van der Waals surface area contributed by atoms with Gasteiger partial charge >= 0.3 is 0 Å². The fourth-order valence-corrected chi connectivity index (χ4v) is 6.30. The van der Waals surface area contributed by atoms with Crippen molar-refractivity contribution in [3.05, 3.63) is 58.9 Å². The number of amides is 1. The molecule has 2 fully saturated rings. The number of carbonyl (C=O) groups excluding carboxylic acids is 1. The van der Waals surface area contributed by atoms with Crippen LogP contribution in [0.25, 0.3) is 0 Å². The van der Waals surface area contributed by atoms with Crippen molar-refractivity contribution in [1.82, 2.24) is 20.1 Å². The number of fused-ring (bicyclic) bond motifs is 1. The van der Waals surface area contributed by atoms with Crippen molar-refractivity contribution in [1.29, 1.82) is 0 Å². The van der Waals surface area contributed by atoms with Crippen molar-refractivity contribution >= 4 is 11.6 Å². The van der Waals surface area contributed by atoms with E-state index in [2.05, 4.69) is 54.7 Å². The first kappa shape index (κ1) is 29.0. The van der Waals surface area contributed by atoms with E-state index in [0.29, 0.717) is 43.1 Å². The zero-order valence-electron chi connectivity index (χ0n) is 24.0. The van der Waals surface area contributed by atoms with Crippen LogP contribution in [0.15, 0.2) is 30.5 Å². The van der Waals surface area contributed by atoms with Crippen molar-refractivity contribution in [2.75, 3.05) is 50.8 Å². The Bertz CT molecular complexity index is 1230. The summed E-state index contributed by atoms with van der Waals surface area (Å²) in [6.45, 7) is 15.2. The molecule has 5 rings (SSSR count). The quantitative estimate of drug-likeness (QED) is 0.566. The van der Waals surface area contributed by atoms with Crippen LogP contribution in [0.4, 0.5) is 14.5 Å². The fourth-order valence-electron chi connectivity index (χ4n) is 6.30. The number of halogens is 2. The van der Waals surface area contributed by atoms with Gasteiger partial charge in [-0.1, -0.05) is 19.9 Å². The van der Waals surface area contributed by atoms with Crippen LogP contribution in [0, 0.1) is 11.6 Å². The molecule has 2 aromatic rings. The number of pyridine rings is 1. The monoisotopic (exact) mass is 557 g/mol. The molecule has 1 aromatic heterocycles. The third kappa shape index (κ3) is 5.78. The Kier molecular flexibility index (Phi) is 8.27. The highest BCUT2D eigenvalue weighted by Gasteiger charge is 2.41. The van der Waals surface area contributed by atoms with Crippen molar-refractivity contribution in [2.24, 2.45) is 0 Å². The Morgan fingerprint density at radius 2 is 1.88 bits per heavy atom. The maximum absolute atomic E-state index is 13.9. The summed E-state index contributed by atoms with van der Waals surface area (Å²) >= 11 is 0. The largest absolute Gasteiger partial charge is 0.384 e. The lowest BCUT2D eigenvalue weighted by molar-refractivity contribution is -0.121. The number of piperazine rings is 1. The van der Waals surface area contributed by atoms with Gasteiger partial charge in [0.05, 0.1) is 31.1 Å². The molecule has 8 nitrogen and oxygen atoms in total. The van der Waals surface area contributed by atoms with Crippen molar-refractivity contribution < 1.29 is 23.4 Å². The number of carbonyl (C=O) groups is 1. The Labute approximate surface area is 235 Å². The molecule has 40 heavy (non-hydrogen) atoms. The van der Waals surface area contributed by atoms with Crippen molar-refractivity contribution in [3.8, 4) is 0 Å². The number of nitrogens with zero attached hydrogens (tertiary/aromatic N) is 4. The van der Waals surface area contributed by atoms with E-state index in [9.17, 15) is 18.7 Å². The summed E-state index contributed by atoms with van der Waals surface area (Å²) in [5.41, 5.74) is 1.71. The Morgan fingerprint density at radius 3 is 2.58 bits per heavy atom. The number of nitrogens with one attached hydrogen (secondary N) is 1. The van der Waals surface area contributed by atoms with Gasteiger partial charge in [0, 0.05) is 67.5 Å². The number of aromatic nitrogens is 1. The van der Waals surface area contributed by atoms with Gasteiger partial charge in [0.15, 0.2) is 11.6 Å². The summed E-state index contributed by atoms with van der Waals surface area (Å²) in [4.78, 5) is 25.1. The Morgan fingerprint density at radius 1 is 1.15 bits per heavy atom. The second kappa shape index (κ2) is 11.4. The summed E-state index contributed by atoms with van der Waals surface area (Å²) in [5.74, 6) is -2.01. The van der Waals surface area contributed by atoms with Gasteiger partial charge in [-0.15, -0.1) is 0 Å². The molecule has 0 saturated carbocycles. The first-order valence-corrected chi connectivity index (χ1v) is 14.2. The molecule has 3 aliphatic rings. The zero-order valence-corrected chi connectivity index (χ0v) is 24.0. The van der Waals surface area contributed by atoms with Gasteiger partial charge in [-0.05, 0) is 44.5 Å². The molecule has 5 atom stereocenters. The van der Waals surface area contributed by atoms with Gasteiger partial charge < -0.3 is 20.1 Å². The average molecular weight is 558 g/mol. The van der Waals surface area contributed by atoms with Crippen LogP contribution >= 0.6 is 0 Å². The standard InChI is InChI=1S/C30H41F2N5O3/c1-18-12-35(23(11-33-18)13-36-19(2)15-40-16-20(36)3)14-27(38)37-17-30(4,5)29-26(37)9-22(10-34-29)28(39)21-6-7-24(31)25(32)8-21/h6-10,18-20,23,28,33,39H,11-17H2,1-5H3/t18-,19-,20-,23-,28+/m1/s1. The van der Waals surface area contributed by atoms with Crippen molar-refractivity contribution in [2.45, 2.75) is 70.3 Å². The number of hydrogen-bond acceptors (Lipinski definition) is 7. The summed E-state index contributed by atoms with van der Waals surface area (Å²) in [6.07, 6.45) is 0.351. The number of ether oxygens (including phenoxy) is 1. The molecule has 0 bridgehead atoms. The van der Waals surface area contributed by atoms with E-state index in [0.717, 1.165) is 37.5 Å². The first-order valence-electron chi connectivity index (χ1n) is 14.2. The number of hydrogen-bond donors (Lipinski definition) is 2. The molecule has 218 valence electrons. The van der Waals surface area contributed by atoms with E-state index in [1.54, 1.807) is 17.2 Å². The predicted molar refractivity (Wildman–Crippen MR) is 149 cm³/mol. The maximum atomic E-state index is 13.9. The molecule has 3 aliphatic heterocycles. The molecule has 2 N–H and O–H groups in total. The van der Waals surface area contributed by atoms with E-state index >= 15 is 0 Å². The minimum Gasteiger partial charge on any atom is -0.384 e. The van der Waals surface area contributed by atoms with Gasteiger partial charge in [0.2, 0.25) is 5.91 Å². The maximum Gasteiger partial charge on any atom is 0.241 e. The molecule has 0 unspecified atom stereocenters. The lowest BCUT2D eigenvalue weighted by atomic mass is 9.90. The van der Waals surface area contributed by atoms with Gasteiger partial charge in [-0.2, -0.15) is 0 Å². The predicted octanol–water partition coefficient (Wildman–Crippen LogP) is 2.84. The molecule has 1 amide bonds. The zero-order chi connectivity index (χ0) is 28.8. The van der Waals surface area contributed by atoms with E-state index < -0.39 is 17.7 Å². The van der Waals surface area contributed by atoms with Gasteiger partial charge in [0.1, 0.15) is 6.10 Å². The van der Waals surface area contributed by atoms with Crippen LogP contribution in [-0.4, -0.2) is 95.9 Å². The Balaban J connectivity index is 1.37. The summed E-state index contributed by atoms with van der Waals surface area (Å²) < 4.78 is 33.0. The highest BCUT2D eigenvalue weighted by atomic mass is 19.2. The average Bonchev–Trinajstić information content (AvgIpc) is 3.18. The molecule has 0 radical (unpaired) electrons. The lowest BCUT2D eigenvalue weighted by Gasteiger charge is -2.46. The van der Waals surface area contributed by atoms with Crippen LogP contribution in [0.3, 0.4) is 0 Å². The third-order valence-electron chi connectivity index (χ3n) is 8.59.